The number of aliphatic carboxylic acids is 1. The molecule has 0 radical (unpaired) electrons. The van der Waals surface area contributed by atoms with Crippen LogP contribution in [0.1, 0.15) is 11.5 Å². The molecule has 0 spiro atoms. The lowest BCUT2D eigenvalue weighted by atomic mass is 9.89. The Hall–Kier alpha value is -1.35. The van der Waals surface area contributed by atoms with E-state index in [1.54, 1.807) is 0 Å². The Morgan fingerprint density at radius 3 is 2.64 bits per heavy atom. The van der Waals surface area contributed by atoms with E-state index in [2.05, 4.69) is 5.32 Å². The van der Waals surface area contributed by atoms with Crippen molar-refractivity contribution in [3.05, 3.63) is 35.9 Å². The van der Waals surface area contributed by atoms with Crippen molar-refractivity contribution in [2.24, 2.45) is 5.92 Å². The summed E-state index contributed by atoms with van der Waals surface area (Å²) in [5.41, 5.74) is 1.12. The average Bonchev–Trinajstić information content (AvgIpc) is 2.67. The van der Waals surface area contributed by atoms with Gasteiger partial charge in [0.15, 0.2) is 0 Å². The molecule has 0 unspecified atom stereocenters. The monoisotopic (exact) mass is 191 g/mol. The summed E-state index contributed by atoms with van der Waals surface area (Å²) in [5, 5.41) is 12.1. The predicted octanol–water partition coefficient (Wildman–Crippen LogP) is 1.07. The highest BCUT2D eigenvalue weighted by molar-refractivity contribution is 5.72. The van der Waals surface area contributed by atoms with E-state index in [0.29, 0.717) is 6.54 Å². The van der Waals surface area contributed by atoms with E-state index in [4.69, 9.17) is 5.11 Å². The number of carboxylic acid groups (broad SMARTS) is 1. The van der Waals surface area contributed by atoms with E-state index >= 15 is 0 Å². The molecule has 2 N–H and O–H groups in total. The molecule has 1 aliphatic rings. The average molecular weight is 191 g/mol. The maximum Gasteiger partial charge on any atom is 0.308 e. The van der Waals surface area contributed by atoms with Gasteiger partial charge in [0, 0.05) is 19.0 Å². The molecule has 3 nitrogen and oxygen atoms in total. The van der Waals surface area contributed by atoms with E-state index in [1.807, 2.05) is 30.3 Å². The molecule has 1 aromatic carbocycles. The van der Waals surface area contributed by atoms with E-state index in [9.17, 15) is 4.79 Å². The number of hydrogen-bond donors (Lipinski definition) is 2. The van der Waals surface area contributed by atoms with Gasteiger partial charge < -0.3 is 10.4 Å². The van der Waals surface area contributed by atoms with Gasteiger partial charge in [-0.1, -0.05) is 30.3 Å². The van der Waals surface area contributed by atoms with Gasteiger partial charge in [0.05, 0.1) is 5.92 Å². The third kappa shape index (κ3) is 1.63. The fourth-order valence-electron chi connectivity index (χ4n) is 1.99. The zero-order valence-electron chi connectivity index (χ0n) is 7.81. The number of rotatable bonds is 2. The lowest BCUT2D eigenvalue weighted by Crippen LogP contribution is -2.20. The minimum atomic E-state index is -0.705. The number of benzene rings is 1. The van der Waals surface area contributed by atoms with Gasteiger partial charge in [0.25, 0.3) is 0 Å². The lowest BCUT2D eigenvalue weighted by Gasteiger charge is -2.14. The maximum atomic E-state index is 10.9. The molecule has 14 heavy (non-hydrogen) atoms. The Morgan fingerprint density at radius 1 is 1.29 bits per heavy atom. The van der Waals surface area contributed by atoms with E-state index in [-0.39, 0.29) is 11.8 Å². The van der Waals surface area contributed by atoms with Crippen molar-refractivity contribution in [2.75, 3.05) is 13.1 Å². The molecule has 0 saturated carbocycles. The molecule has 74 valence electrons. The van der Waals surface area contributed by atoms with E-state index in [0.717, 1.165) is 12.1 Å². The number of hydrogen-bond acceptors (Lipinski definition) is 2. The highest BCUT2D eigenvalue weighted by Gasteiger charge is 2.33. The van der Waals surface area contributed by atoms with Gasteiger partial charge in [0.2, 0.25) is 0 Å². The predicted molar refractivity (Wildman–Crippen MR) is 53.2 cm³/mol. The fraction of sp³-hybridized carbons (Fsp3) is 0.364. The molecular formula is C11H13NO2. The summed E-state index contributed by atoms with van der Waals surface area (Å²) in [4.78, 5) is 10.9. The van der Waals surface area contributed by atoms with Crippen LogP contribution in [0, 0.1) is 5.92 Å². The van der Waals surface area contributed by atoms with Gasteiger partial charge in [-0.25, -0.2) is 0 Å². The maximum absolute atomic E-state index is 10.9. The summed E-state index contributed by atoms with van der Waals surface area (Å²) in [7, 11) is 0. The first kappa shape index (κ1) is 9.21. The largest absolute Gasteiger partial charge is 0.481 e. The van der Waals surface area contributed by atoms with Crippen LogP contribution in [0.25, 0.3) is 0 Å². The van der Waals surface area contributed by atoms with Crippen molar-refractivity contribution in [1.29, 1.82) is 0 Å². The molecule has 0 aromatic heterocycles. The Kier molecular flexibility index (Phi) is 2.50. The molecule has 2 rings (SSSR count). The lowest BCUT2D eigenvalue weighted by molar-refractivity contribution is -0.141. The van der Waals surface area contributed by atoms with Crippen molar-refractivity contribution < 1.29 is 9.90 Å². The fourth-order valence-corrected chi connectivity index (χ4v) is 1.99. The van der Waals surface area contributed by atoms with Crippen molar-refractivity contribution in [3.63, 3.8) is 0 Å². The number of carboxylic acids is 1. The normalized spacial score (nSPS) is 26.3. The molecule has 3 heteroatoms. The minimum absolute atomic E-state index is 0.119. The van der Waals surface area contributed by atoms with Gasteiger partial charge >= 0.3 is 5.97 Å². The molecule has 0 amide bonds. The second kappa shape index (κ2) is 3.80. The highest BCUT2D eigenvalue weighted by atomic mass is 16.4. The summed E-state index contributed by atoms with van der Waals surface area (Å²) >= 11 is 0. The summed E-state index contributed by atoms with van der Waals surface area (Å²) in [5.74, 6) is -0.866. The van der Waals surface area contributed by atoms with Gasteiger partial charge in [-0.3, -0.25) is 4.79 Å². The Morgan fingerprint density at radius 2 is 2.00 bits per heavy atom. The zero-order chi connectivity index (χ0) is 9.97. The van der Waals surface area contributed by atoms with Crippen LogP contribution in [0.4, 0.5) is 0 Å². The number of carbonyl (C=O) groups is 1. The summed E-state index contributed by atoms with van der Waals surface area (Å²) in [6.07, 6.45) is 0. The van der Waals surface area contributed by atoms with Crippen LogP contribution in [0.5, 0.6) is 0 Å². The smallest absolute Gasteiger partial charge is 0.308 e. The zero-order valence-corrected chi connectivity index (χ0v) is 7.81. The van der Waals surface area contributed by atoms with Crippen LogP contribution in [0.2, 0.25) is 0 Å². The topological polar surface area (TPSA) is 49.3 Å². The molecule has 1 aliphatic heterocycles. The molecule has 0 aliphatic carbocycles. The van der Waals surface area contributed by atoms with Crippen molar-refractivity contribution in [1.82, 2.24) is 5.32 Å². The van der Waals surface area contributed by atoms with Crippen molar-refractivity contribution in [2.45, 2.75) is 5.92 Å². The summed E-state index contributed by atoms with van der Waals surface area (Å²) in [6, 6.07) is 9.84. The van der Waals surface area contributed by atoms with Crippen LogP contribution in [0.15, 0.2) is 30.3 Å². The highest BCUT2D eigenvalue weighted by Crippen LogP contribution is 2.27. The van der Waals surface area contributed by atoms with Gasteiger partial charge in [-0.05, 0) is 5.56 Å². The van der Waals surface area contributed by atoms with Crippen molar-refractivity contribution >= 4 is 5.97 Å². The first-order valence-electron chi connectivity index (χ1n) is 4.77. The van der Waals surface area contributed by atoms with Gasteiger partial charge in [-0.15, -0.1) is 0 Å². The molecule has 1 aromatic rings. The Bertz CT molecular complexity index is 323. The molecule has 0 bridgehead atoms. The van der Waals surface area contributed by atoms with Crippen LogP contribution >= 0.6 is 0 Å². The third-order valence-corrected chi connectivity index (χ3v) is 2.76. The number of nitrogens with one attached hydrogen (secondary N) is 1. The van der Waals surface area contributed by atoms with Crippen LogP contribution in [-0.4, -0.2) is 24.2 Å². The van der Waals surface area contributed by atoms with Gasteiger partial charge in [-0.2, -0.15) is 0 Å². The second-order valence-corrected chi connectivity index (χ2v) is 3.62. The summed E-state index contributed by atoms with van der Waals surface area (Å²) in [6.45, 7) is 1.34. The van der Waals surface area contributed by atoms with E-state index < -0.39 is 5.97 Å². The van der Waals surface area contributed by atoms with Crippen LogP contribution in [-0.2, 0) is 4.79 Å². The van der Waals surface area contributed by atoms with Gasteiger partial charge in [0.1, 0.15) is 0 Å². The van der Waals surface area contributed by atoms with Crippen molar-refractivity contribution in [3.8, 4) is 0 Å². The first-order chi connectivity index (χ1) is 6.79. The SMILES string of the molecule is O=C(O)[C@H]1CNC[C@@H]1c1ccccc1. The molecular weight excluding hydrogens is 178 g/mol. The first-order valence-corrected chi connectivity index (χ1v) is 4.77. The van der Waals surface area contributed by atoms with Crippen LogP contribution in [0.3, 0.4) is 0 Å². The van der Waals surface area contributed by atoms with E-state index in [1.165, 1.54) is 0 Å². The third-order valence-electron chi connectivity index (χ3n) is 2.76. The summed E-state index contributed by atoms with van der Waals surface area (Å²) < 4.78 is 0. The molecule has 1 fully saturated rings. The standard InChI is InChI=1S/C11H13NO2/c13-11(14)10-7-12-6-9(10)8-4-2-1-3-5-8/h1-5,9-10,12H,6-7H2,(H,13,14)/t9-,10+/m1/s1. The van der Waals surface area contributed by atoms with Crippen LogP contribution < -0.4 is 5.32 Å². The molecule has 1 heterocycles. The molecule has 2 atom stereocenters. The Labute approximate surface area is 82.8 Å². The minimum Gasteiger partial charge on any atom is -0.481 e. The quantitative estimate of drug-likeness (QED) is 0.735. The molecule has 1 saturated heterocycles. The Balaban J connectivity index is 2.22. The second-order valence-electron chi connectivity index (χ2n) is 3.62.